The fraction of sp³-hybridized carbons (Fsp3) is 0.710. The summed E-state index contributed by atoms with van der Waals surface area (Å²) < 4.78 is 13.6. The van der Waals surface area contributed by atoms with Gasteiger partial charge in [0.2, 0.25) is 11.8 Å². The van der Waals surface area contributed by atoms with Crippen molar-refractivity contribution in [1.82, 2.24) is 25.3 Å². The van der Waals surface area contributed by atoms with E-state index in [4.69, 9.17) is 0 Å². The van der Waals surface area contributed by atoms with Crippen LogP contribution in [0.2, 0.25) is 0 Å². The van der Waals surface area contributed by atoms with Crippen LogP contribution >= 0.6 is 0 Å². The highest BCUT2D eigenvalue weighted by molar-refractivity contribution is 5.88. The van der Waals surface area contributed by atoms with E-state index >= 15 is 0 Å². The first-order valence-corrected chi connectivity index (χ1v) is 15.1. The third-order valence-electron chi connectivity index (χ3n) is 9.03. The number of likely N-dealkylation sites (N-methyl/N-ethyl adjacent to an activating group) is 1. The third kappa shape index (κ3) is 7.53. The van der Waals surface area contributed by atoms with Crippen LogP contribution in [-0.2, 0) is 16.0 Å². The Morgan fingerprint density at radius 3 is 2.10 bits per heavy atom. The molecule has 2 N–H and O–H groups in total. The molecule has 0 aromatic heterocycles. The fourth-order valence-corrected chi connectivity index (χ4v) is 6.59. The van der Waals surface area contributed by atoms with Gasteiger partial charge < -0.3 is 25.3 Å². The van der Waals surface area contributed by atoms with Crippen LogP contribution in [-0.4, -0.2) is 90.4 Å². The lowest BCUT2D eigenvalue weighted by molar-refractivity contribution is -0.147. The van der Waals surface area contributed by atoms with Gasteiger partial charge in [-0.1, -0.05) is 31.4 Å². The maximum absolute atomic E-state index is 13.9. The first kappa shape index (κ1) is 30.3. The zero-order chi connectivity index (χ0) is 28.9. The molecule has 2 aliphatic heterocycles. The molecule has 1 saturated carbocycles. The van der Waals surface area contributed by atoms with Gasteiger partial charge in [0.15, 0.2) is 0 Å². The van der Waals surface area contributed by atoms with Crippen molar-refractivity contribution in [1.29, 1.82) is 0 Å². The zero-order valence-electron chi connectivity index (χ0n) is 24.8. The summed E-state index contributed by atoms with van der Waals surface area (Å²) >= 11 is 0. The van der Waals surface area contributed by atoms with Crippen LogP contribution in [0.25, 0.3) is 0 Å². The monoisotopic (exact) mass is 557 g/mol. The third-order valence-corrected chi connectivity index (χ3v) is 9.03. The summed E-state index contributed by atoms with van der Waals surface area (Å²) in [6, 6.07) is 5.09. The molecule has 4 rings (SSSR count). The first-order chi connectivity index (χ1) is 19.0. The van der Waals surface area contributed by atoms with Crippen LogP contribution in [0.1, 0.15) is 71.3 Å². The molecule has 0 unspecified atom stereocenters. The Kier molecular flexibility index (Phi) is 9.75. The number of piperazine rings is 1. The van der Waals surface area contributed by atoms with Crippen molar-refractivity contribution in [2.45, 2.75) is 83.7 Å². The minimum absolute atomic E-state index is 0.116. The van der Waals surface area contributed by atoms with Crippen LogP contribution in [0.5, 0.6) is 0 Å². The van der Waals surface area contributed by atoms with Crippen LogP contribution in [0.3, 0.4) is 0 Å². The molecule has 1 aliphatic carbocycles. The molecule has 2 heterocycles. The lowest BCUT2D eigenvalue weighted by Gasteiger charge is -2.48. The van der Waals surface area contributed by atoms with Crippen LogP contribution in [0.4, 0.5) is 9.18 Å². The normalized spacial score (nSPS) is 21.5. The number of carbonyl (C=O) groups is 3. The minimum atomic E-state index is -0.761. The maximum atomic E-state index is 13.9. The van der Waals surface area contributed by atoms with E-state index in [2.05, 4.69) is 15.5 Å². The smallest absolute Gasteiger partial charge is 0.318 e. The molecular formula is C31H48FN5O3. The number of hydrogen-bond acceptors (Lipinski definition) is 4. The Hall–Kier alpha value is -2.68. The van der Waals surface area contributed by atoms with Gasteiger partial charge in [0.1, 0.15) is 11.9 Å². The van der Waals surface area contributed by atoms with E-state index in [1.807, 2.05) is 32.7 Å². The van der Waals surface area contributed by atoms with Gasteiger partial charge in [0.05, 0.1) is 5.41 Å². The SMILES string of the molecule is CN1CCN(C(=O)N[C@H](Cc2ccc(F)cc2)C(=O)N2CCC(C(=O)NC(C)(C)C)(C3CCCCC3)CC2)CC1. The quantitative estimate of drug-likeness (QED) is 0.557. The number of hydrogen-bond donors (Lipinski definition) is 2. The number of carbonyl (C=O) groups excluding carboxylic acids is 3. The van der Waals surface area contributed by atoms with Crippen molar-refractivity contribution in [2.75, 3.05) is 46.3 Å². The summed E-state index contributed by atoms with van der Waals surface area (Å²) in [7, 11) is 2.03. The van der Waals surface area contributed by atoms with E-state index in [1.54, 1.807) is 17.0 Å². The van der Waals surface area contributed by atoms with Crippen LogP contribution < -0.4 is 10.6 Å². The highest BCUT2D eigenvalue weighted by Gasteiger charge is 2.49. The fourth-order valence-electron chi connectivity index (χ4n) is 6.59. The van der Waals surface area contributed by atoms with Crippen molar-refractivity contribution in [2.24, 2.45) is 11.3 Å². The lowest BCUT2D eigenvalue weighted by atomic mass is 9.63. The standard InChI is InChI=1S/C31H48FN5O3/c1-30(2,3)34-28(39)31(24-8-6-5-7-9-24)14-16-36(17-15-31)27(38)26(22-23-10-12-25(32)13-11-23)33-29(40)37-20-18-35(4)19-21-37/h10-13,24,26H,5-9,14-22H2,1-4H3,(H,33,40)(H,34,39)/t26-/m1/s1. The molecule has 8 nitrogen and oxygen atoms in total. The number of likely N-dealkylation sites (tertiary alicyclic amines) is 1. The van der Waals surface area contributed by atoms with Crippen molar-refractivity contribution >= 4 is 17.8 Å². The molecule has 0 bridgehead atoms. The molecule has 2 saturated heterocycles. The summed E-state index contributed by atoms with van der Waals surface area (Å²) in [6.45, 7) is 9.80. The van der Waals surface area contributed by atoms with E-state index in [0.29, 0.717) is 44.9 Å². The summed E-state index contributed by atoms with van der Waals surface area (Å²) in [5.41, 5.74) is -0.00369. The summed E-state index contributed by atoms with van der Waals surface area (Å²) in [5, 5.41) is 6.26. The van der Waals surface area contributed by atoms with Crippen molar-refractivity contribution in [3.63, 3.8) is 0 Å². The zero-order valence-corrected chi connectivity index (χ0v) is 24.8. The second-order valence-corrected chi connectivity index (χ2v) is 13.1. The topological polar surface area (TPSA) is 85.0 Å². The Morgan fingerprint density at radius 2 is 1.52 bits per heavy atom. The van der Waals surface area contributed by atoms with Gasteiger partial charge in [-0.25, -0.2) is 9.18 Å². The predicted octanol–water partition coefficient (Wildman–Crippen LogP) is 3.80. The van der Waals surface area contributed by atoms with Crippen molar-refractivity contribution in [3.05, 3.63) is 35.6 Å². The summed E-state index contributed by atoms with van der Waals surface area (Å²) in [4.78, 5) is 46.6. The minimum Gasteiger partial charge on any atom is -0.351 e. The van der Waals surface area contributed by atoms with Crippen molar-refractivity contribution < 1.29 is 18.8 Å². The summed E-state index contributed by atoms with van der Waals surface area (Å²) in [5.74, 6) is -0.0324. The molecule has 1 aromatic carbocycles. The molecule has 0 spiro atoms. The second kappa shape index (κ2) is 12.9. The molecule has 222 valence electrons. The number of nitrogens with zero attached hydrogens (tertiary/aromatic N) is 3. The lowest BCUT2D eigenvalue weighted by Crippen LogP contribution is -2.60. The largest absolute Gasteiger partial charge is 0.351 e. The number of piperidine rings is 1. The highest BCUT2D eigenvalue weighted by atomic mass is 19.1. The van der Waals surface area contributed by atoms with E-state index in [-0.39, 0.29) is 35.6 Å². The number of benzene rings is 1. The van der Waals surface area contributed by atoms with E-state index < -0.39 is 11.5 Å². The van der Waals surface area contributed by atoms with Gasteiger partial charge in [0, 0.05) is 51.2 Å². The Balaban J connectivity index is 1.49. The number of nitrogens with one attached hydrogen (secondary N) is 2. The van der Waals surface area contributed by atoms with E-state index in [0.717, 1.165) is 44.3 Å². The molecule has 0 radical (unpaired) electrons. The first-order valence-electron chi connectivity index (χ1n) is 15.1. The Bertz CT molecular complexity index is 1020. The average molecular weight is 558 g/mol. The van der Waals surface area contributed by atoms with Crippen molar-refractivity contribution in [3.8, 4) is 0 Å². The molecule has 3 fully saturated rings. The van der Waals surface area contributed by atoms with Gasteiger partial charge in [-0.2, -0.15) is 0 Å². The van der Waals surface area contributed by atoms with Gasteiger partial charge in [-0.3, -0.25) is 9.59 Å². The molecule has 9 heteroatoms. The van der Waals surface area contributed by atoms with Gasteiger partial charge in [-0.05, 0) is 77.1 Å². The Labute approximate surface area is 239 Å². The molecule has 40 heavy (non-hydrogen) atoms. The molecule has 1 atom stereocenters. The Morgan fingerprint density at radius 1 is 0.925 bits per heavy atom. The number of rotatable bonds is 6. The van der Waals surface area contributed by atoms with E-state index in [9.17, 15) is 18.8 Å². The summed E-state index contributed by atoms with van der Waals surface area (Å²) in [6.07, 6.45) is 7.16. The van der Waals surface area contributed by atoms with Crippen LogP contribution in [0, 0.1) is 17.2 Å². The molecular weight excluding hydrogens is 509 g/mol. The van der Waals surface area contributed by atoms with Gasteiger partial charge in [-0.15, -0.1) is 0 Å². The molecule has 3 aliphatic rings. The second-order valence-electron chi connectivity index (χ2n) is 13.1. The maximum Gasteiger partial charge on any atom is 0.318 e. The van der Waals surface area contributed by atoms with Gasteiger partial charge >= 0.3 is 6.03 Å². The number of halogens is 1. The van der Waals surface area contributed by atoms with Crippen LogP contribution in [0.15, 0.2) is 24.3 Å². The average Bonchev–Trinajstić information content (AvgIpc) is 2.93. The number of amides is 4. The molecule has 1 aromatic rings. The number of urea groups is 1. The van der Waals surface area contributed by atoms with E-state index in [1.165, 1.54) is 18.6 Å². The molecule has 4 amide bonds. The predicted molar refractivity (Wildman–Crippen MR) is 154 cm³/mol. The highest BCUT2D eigenvalue weighted by Crippen LogP contribution is 2.46. The van der Waals surface area contributed by atoms with Gasteiger partial charge in [0.25, 0.3) is 0 Å².